The highest BCUT2D eigenvalue weighted by molar-refractivity contribution is 5.66. The van der Waals surface area contributed by atoms with Crippen molar-refractivity contribution in [2.75, 3.05) is 6.61 Å². The molecular formula is C13H14F2O2. The fourth-order valence-corrected chi connectivity index (χ4v) is 6.95. The van der Waals surface area contributed by atoms with Gasteiger partial charge in [0.15, 0.2) is 0 Å². The van der Waals surface area contributed by atoms with Gasteiger partial charge >= 0.3 is 5.97 Å². The summed E-state index contributed by atoms with van der Waals surface area (Å²) in [4.78, 5) is 11.0. The third kappa shape index (κ3) is 0.601. The Hall–Kier alpha value is -0.670. The van der Waals surface area contributed by atoms with Gasteiger partial charge in [0.2, 0.25) is 0 Å². The average molecular weight is 240 g/mol. The number of hydrogen-bond donors (Lipinski definition) is 0. The molecule has 0 heterocycles. The van der Waals surface area contributed by atoms with Crippen LogP contribution in [0.4, 0.5) is 8.78 Å². The molecule has 0 aliphatic heterocycles. The van der Waals surface area contributed by atoms with Crippen molar-refractivity contribution in [2.24, 2.45) is 46.8 Å². The van der Waals surface area contributed by atoms with Crippen LogP contribution in [-0.4, -0.2) is 18.5 Å². The van der Waals surface area contributed by atoms with E-state index in [1.54, 1.807) is 0 Å². The van der Waals surface area contributed by atoms with E-state index in [-0.39, 0.29) is 35.7 Å². The van der Waals surface area contributed by atoms with E-state index in [1.807, 2.05) is 0 Å². The minimum Gasteiger partial charge on any atom is -0.465 e. The lowest BCUT2D eigenvalue weighted by molar-refractivity contribution is -0.259. The van der Waals surface area contributed by atoms with Gasteiger partial charge in [-0.05, 0) is 36.0 Å². The van der Waals surface area contributed by atoms with Crippen molar-refractivity contribution < 1.29 is 18.3 Å². The molecule has 6 aliphatic rings. The average Bonchev–Trinajstić information content (AvgIpc) is 2.64. The summed E-state index contributed by atoms with van der Waals surface area (Å²) in [5, 5.41) is 0. The monoisotopic (exact) mass is 240 g/mol. The van der Waals surface area contributed by atoms with Crippen molar-refractivity contribution >= 4 is 5.97 Å². The number of rotatable bonds is 2. The topological polar surface area (TPSA) is 26.3 Å². The van der Waals surface area contributed by atoms with Gasteiger partial charge in [-0.2, -0.15) is 0 Å². The maximum absolute atomic E-state index is 14.3. The molecule has 0 saturated heterocycles. The van der Waals surface area contributed by atoms with Gasteiger partial charge in [0.1, 0.15) is 0 Å². The van der Waals surface area contributed by atoms with Gasteiger partial charge < -0.3 is 4.74 Å². The molecule has 4 bridgehead atoms. The molecule has 6 fully saturated rings. The van der Waals surface area contributed by atoms with Gasteiger partial charge in [0, 0.05) is 24.2 Å². The summed E-state index contributed by atoms with van der Waals surface area (Å²) in [5.41, 5.74) is -0.316. The van der Waals surface area contributed by atoms with Crippen molar-refractivity contribution in [3.63, 3.8) is 0 Å². The van der Waals surface area contributed by atoms with Crippen LogP contribution in [0.25, 0.3) is 0 Å². The second kappa shape index (κ2) is 2.14. The Balaban J connectivity index is 1.59. The Morgan fingerprint density at radius 3 is 2.82 bits per heavy atom. The van der Waals surface area contributed by atoms with Crippen LogP contribution in [-0.2, 0) is 9.53 Å². The number of esters is 1. The Morgan fingerprint density at radius 1 is 1.35 bits per heavy atom. The molecule has 0 spiro atoms. The summed E-state index contributed by atoms with van der Waals surface area (Å²) >= 11 is 0. The van der Waals surface area contributed by atoms with Crippen LogP contribution < -0.4 is 0 Å². The summed E-state index contributed by atoms with van der Waals surface area (Å²) in [7, 11) is 0. The number of hydrogen-bond acceptors (Lipinski definition) is 2. The van der Waals surface area contributed by atoms with Gasteiger partial charge in [-0.15, -0.1) is 0 Å². The second-order valence-electron chi connectivity index (χ2n) is 6.76. The van der Waals surface area contributed by atoms with Crippen LogP contribution in [0.2, 0.25) is 0 Å². The highest BCUT2D eigenvalue weighted by Crippen LogP contribution is 2.96. The van der Waals surface area contributed by atoms with Crippen LogP contribution in [0.1, 0.15) is 13.3 Å². The molecule has 6 rings (SSSR count). The van der Waals surface area contributed by atoms with Crippen LogP contribution in [0.3, 0.4) is 0 Å². The lowest BCUT2D eigenvalue weighted by atomic mass is 9.34. The molecule has 0 N–H and O–H groups in total. The Kier molecular flexibility index (Phi) is 1.17. The van der Waals surface area contributed by atoms with Crippen molar-refractivity contribution in [1.29, 1.82) is 0 Å². The quantitative estimate of drug-likeness (QED) is 0.689. The van der Waals surface area contributed by atoms with E-state index in [1.165, 1.54) is 6.92 Å². The van der Waals surface area contributed by atoms with E-state index >= 15 is 0 Å². The minimum atomic E-state index is -2.47. The third-order valence-corrected chi connectivity index (χ3v) is 6.85. The SMILES string of the molecule is CC(=O)OCC12C3CC4C5C3C1C5C(F)(F)C42. The van der Waals surface area contributed by atoms with Crippen LogP contribution in [0, 0.1) is 46.8 Å². The number of carbonyl (C=O) groups is 1. The zero-order valence-corrected chi connectivity index (χ0v) is 9.53. The fraction of sp³-hybridized carbons (Fsp3) is 0.923. The first-order valence-electron chi connectivity index (χ1n) is 6.52. The van der Waals surface area contributed by atoms with Crippen LogP contribution in [0.15, 0.2) is 0 Å². The predicted molar refractivity (Wildman–Crippen MR) is 53.1 cm³/mol. The van der Waals surface area contributed by atoms with E-state index in [4.69, 9.17) is 4.74 Å². The maximum atomic E-state index is 14.3. The number of ether oxygens (including phenoxy) is 1. The largest absolute Gasteiger partial charge is 0.465 e. The summed E-state index contributed by atoms with van der Waals surface area (Å²) in [5.74, 6) is -1.89. The summed E-state index contributed by atoms with van der Waals surface area (Å²) < 4.78 is 33.6. The van der Waals surface area contributed by atoms with E-state index < -0.39 is 11.8 Å². The highest BCUT2D eigenvalue weighted by Gasteiger charge is 2.98. The van der Waals surface area contributed by atoms with Crippen LogP contribution in [0.5, 0.6) is 0 Å². The molecule has 92 valence electrons. The van der Waals surface area contributed by atoms with Crippen molar-refractivity contribution in [2.45, 2.75) is 19.3 Å². The molecule has 2 nitrogen and oxygen atoms in total. The first-order chi connectivity index (χ1) is 8.01. The maximum Gasteiger partial charge on any atom is 0.302 e. The van der Waals surface area contributed by atoms with Gasteiger partial charge in [-0.3, -0.25) is 4.79 Å². The second-order valence-corrected chi connectivity index (χ2v) is 6.76. The smallest absolute Gasteiger partial charge is 0.302 e. The molecule has 6 aliphatic carbocycles. The standard InChI is InChI=1S/C13H14F2O2/c1-4(16)17-3-12-6-2-5-7-8(6)9(12)10(7)13(14,15)11(5)12/h5-11H,2-3H2,1H3. The molecule has 6 saturated carbocycles. The molecule has 17 heavy (non-hydrogen) atoms. The van der Waals surface area contributed by atoms with Gasteiger partial charge in [0.05, 0.1) is 6.61 Å². The molecular weight excluding hydrogens is 226 g/mol. The molecule has 0 amide bonds. The van der Waals surface area contributed by atoms with E-state index in [0.717, 1.165) is 6.42 Å². The fourth-order valence-electron chi connectivity index (χ4n) is 6.95. The summed E-state index contributed by atoms with van der Waals surface area (Å²) in [6.45, 7) is 1.63. The lowest BCUT2D eigenvalue weighted by Gasteiger charge is -2.69. The highest BCUT2D eigenvalue weighted by atomic mass is 19.3. The molecule has 0 aromatic carbocycles. The molecule has 0 aromatic rings. The van der Waals surface area contributed by atoms with Gasteiger partial charge in [-0.1, -0.05) is 0 Å². The predicted octanol–water partition coefficient (Wildman–Crippen LogP) is 1.94. The Morgan fingerprint density at radius 2 is 2.12 bits per heavy atom. The van der Waals surface area contributed by atoms with E-state index in [2.05, 4.69) is 0 Å². The molecule has 4 heteroatoms. The first kappa shape index (κ1) is 9.29. The zero-order valence-electron chi connectivity index (χ0n) is 9.53. The Bertz CT molecular complexity index is 462. The van der Waals surface area contributed by atoms with Crippen molar-refractivity contribution in [3.8, 4) is 0 Å². The lowest BCUT2D eigenvalue weighted by Crippen LogP contribution is -2.69. The minimum absolute atomic E-state index is 0.176. The third-order valence-electron chi connectivity index (χ3n) is 6.85. The number of halogens is 2. The summed E-state index contributed by atoms with van der Waals surface area (Å²) in [6, 6.07) is 0. The molecule has 0 aromatic heterocycles. The van der Waals surface area contributed by atoms with E-state index in [0.29, 0.717) is 17.8 Å². The number of alkyl halides is 2. The molecule has 0 radical (unpaired) electrons. The van der Waals surface area contributed by atoms with Crippen molar-refractivity contribution in [3.05, 3.63) is 0 Å². The zero-order chi connectivity index (χ0) is 11.7. The number of carbonyl (C=O) groups excluding carboxylic acids is 1. The Labute approximate surface area is 97.7 Å². The first-order valence-corrected chi connectivity index (χ1v) is 6.52. The van der Waals surface area contributed by atoms with Crippen LogP contribution >= 0.6 is 0 Å². The molecule has 8 atom stereocenters. The molecule has 8 unspecified atom stereocenters. The summed E-state index contributed by atoms with van der Waals surface area (Å²) in [6.07, 6.45) is 0.976. The van der Waals surface area contributed by atoms with Gasteiger partial charge in [0.25, 0.3) is 5.92 Å². The van der Waals surface area contributed by atoms with Gasteiger partial charge in [-0.25, -0.2) is 8.78 Å². The van der Waals surface area contributed by atoms with Crippen molar-refractivity contribution in [1.82, 2.24) is 0 Å². The van der Waals surface area contributed by atoms with E-state index in [9.17, 15) is 13.6 Å². The normalized spacial score (nSPS) is 65.7.